The van der Waals surface area contributed by atoms with E-state index >= 15 is 0 Å². The van der Waals surface area contributed by atoms with E-state index in [9.17, 15) is 9.59 Å². The van der Waals surface area contributed by atoms with Gasteiger partial charge in [0.15, 0.2) is 4.83 Å². The molecular weight excluding hydrogens is 348 g/mol. The molecule has 0 radical (unpaired) electrons. The monoisotopic (exact) mass is 368 g/mol. The highest BCUT2D eigenvalue weighted by Gasteiger charge is 2.24. The van der Waals surface area contributed by atoms with Crippen molar-refractivity contribution in [2.75, 3.05) is 5.32 Å². The highest BCUT2D eigenvalue weighted by Crippen LogP contribution is 2.35. The topological polar surface area (TPSA) is 76.9 Å². The van der Waals surface area contributed by atoms with Gasteiger partial charge in [-0.2, -0.15) is 0 Å². The van der Waals surface area contributed by atoms with Crippen LogP contribution in [0.25, 0.3) is 10.2 Å². The van der Waals surface area contributed by atoms with Crippen LogP contribution in [0.4, 0.5) is 5.69 Å². The molecule has 0 spiro atoms. The first-order valence-corrected chi connectivity index (χ1v) is 9.57. The van der Waals surface area contributed by atoms with E-state index in [4.69, 9.17) is 0 Å². The van der Waals surface area contributed by atoms with Crippen molar-refractivity contribution >= 4 is 33.1 Å². The van der Waals surface area contributed by atoms with Gasteiger partial charge in [0.05, 0.1) is 5.39 Å². The van der Waals surface area contributed by atoms with Crippen LogP contribution >= 0.6 is 11.3 Å². The molecule has 26 heavy (non-hydrogen) atoms. The van der Waals surface area contributed by atoms with E-state index in [0.717, 1.165) is 35.1 Å². The van der Waals surface area contributed by atoms with Crippen molar-refractivity contribution in [2.24, 2.45) is 5.92 Å². The molecule has 1 aliphatic carbocycles. The van der Waals surface area contributed by atoms with E-state index in [-0.39, 0.29) is 18.0 Å². The second-order valence-corrected chi connectivity index (χ2v) is 8.08. The van der Waals surface area contributed by atoms with Gasteiger partial charge in [0.2, 0.25) is 5.91 Å². The third-order valence-corrected chi connectivity index (χ3v) is 5.95. The zero-order valence-corrected chi connectivity index (χ0v) is 15.6. The average Bonchev–Trinajstić information content (AvgIpc) is 2.97. The van der Waals surface area contributed by atoms with Crippen molar-refractivity contribution in [3.05, 3.63) is 50.6 Å². The summed E-state index contributed by atoms with van der Waals surface area (Å²) in [5, 5.41) is 11.6. The summed E-state index contributed by atoms with van der Waals surface area (Å²) in [7, 11) is 0. The fourth-order valence-electron chi connectivity index (χ4n) is 3.37. The molecule has 1 atom stereocenters. The number of thiophene rings is 1. The van der Waals surface area contributed by atoms with Crippen LogP contribution in [0.3, 0.4) is 0 Å². The van der Waals surface area contributed by atoms with Gasteiger partial charge in [0.1, 0.15) is 6.54 Å². The fraction of sp³-hybridized carbons (Fsp3) is 0.368. The van der Waals surface area contributed by atoms with Crippen LogP contribution < -0.4 is 10.9 Å². The number of hydrogen-bond donors (Lipinski definition) is 1. The van der Waals surface area contributed by atoms with Crippen LogP contribution in [0.1, 0.15) is 29.3 Å². The molecule has 0 saturated heterocycles. The van der Waals surface area contributed by atoms with Crippen molar-refractivity contribution in [3.8, 4) is 0 Å². The Balaban J connectivity index is 1.61. The lowest BCUT2D eigenvalue weighted by atomic mass is 9.89. The number of carbonyl (C=O) groups is 1. The number of amides is 1. The van der Waals surface area contributed by atoms with Gasteiger partial charge in [-0.05, 0) is 49.8 Å². The summed E-state index contributed by atoms with van der Waals surface area (Å²) in [6.07, 6.45) is 2.96. The van der Waals surface area contributed by atoms with Crippen LogP contribution in [-0.2, 0) is 24.2 Å². The second kappa shape index (κ2) is 6.64. The maximum absolute atomic E-state index is 12.9. The van der Waals surface area contributed by atoms with Gasteiger partial charge in [0.25, 0.3) is 5.56 Å². The Bertz CT molecular complexity index is 1040. The highest BCUT2D eigenvalue weighted by atomic mass is 32.1. The van der Waals surface area contributed by atoms with Crippen LogP contribution in [0.15, 0.2) is 29.1 Å². The minimum atomic E-state index is -0.290. The zero-order valence-electron chi connectivity index (χ0n) is 14.8. The van der Waals surface area contributed by atoms with E-state index < -0.39 is 0 Å². The molecule has 0 fully saturated rings. The first-order chi connectivity index (χ1) is 12.5. The third kappa shape index (κ3) is 3.14. The lowest BCUT2D eigenvalue weighted by Gasteiger charge is -2.17. The van der Waals surface area contributed by atoms with Crippen molar-refractivity contribution < 1.29 is 4.79 Å². The van der Waals surface area contributed by atoms with Gasteiger partial charge in [-0.3, -0.25) is 9.59 Å². The Morgan fingerprint density at radius 2 is 2.12 bits per heavy atom. The first kappa shape index (κ1) is 16.9. The number of hydrogen-bond acceptors (Lipinski definition) is 5. The molecule has 6 nitrogen and oxygen atoms in total. The Hall–Kier alpha value is -2.54. The summed E-state index contributed by atoms with van der Waals surface area (Å²) in [6.45, 7) is 4.07. The number of benzene rings is 1. The molecule has 2 heterocycles. The van der Waals surface area contributed by atoms with E-state index in [1.807, 2.05) is 31.2 Å². The molecule has 1 aliphatic rings. The van der Waals surface area contributed by atoms with E-state index in [0.29, 0.717) is 21.8 Å². The average molecular weight is 368 g/mol. The number of anilines is 1. The Morgan fingerprint density at radius 3 is 2.88 bits per heavy atom. The Labute approximate surface area is 154 Å². The molecule has 0 saturated carbocycles. The van der Waals surface area contributed by atoms with Crippen LogP contribution in [-0.4, -0.2) is 20.9 Å². The molecule has 2 aromatic heterocycles. The van der Waals surface area contributed by atoms with Gasteiger partial charge in [-0.15, -0.1) is 16.4 Å². The van der Waals surface area contributed by atoms with Gasteiger partial charge in [-0.25, -0.2) is 4.68 Å². The maximum atomic E-state index is 12.9. The van der Waals surface area contributed by atoms with Crippen molar-refractivity contribution in [2.45, 2.75) is 39.7 Å². The van der Waals surface area contributed by atoms with Gasteiger partial charge >= 0.3 is 0 Å². The highest BCUT2D eigenvalue weighted by molar-refractivity contribution is 7.18. The SMILES string of the molecule is Cc1ccc(NC(=O)Cn2nnc3sc4c(c3c2=O)CC[C@@H](C)C4)cc1. The second-order valence-electron chi connectivity index (χ2n) is 7.00. The standard InChI is InChI=1S/C19H20N4O2S/c1-11-3-6-13(7-4-11)20-16(24)10-23-19(25)17-14-8-5-12(2)9-15(14)26-18(17)21-22-23/h3-4,6-7,12H,5,8-10H2,1-2H3,(H,20,24)/t12-/m1/s1. The van der Waals surface area contributed by atoms with Crippen molar-refractivity contribution in [1.82, 2.24) is 15.0 Å². The molecule has 1 aromatic carbocycles. The van der Waals surface area contributed by atoms with E-state index in [2.05, 4.69) is 22.6 Å². The minimum Gasteiger partial charge on any atom is -0.324 e. The number of fused-ring (bicyclic) bond motifs is 3. The smallest absolute Gasteiger partial charge is 0.279 e. The Morgan fingerprint density at radius 1 is 1.35 bits per heavy atom. The summed E-state index contributed by atoms with van der Waals surface area (Å²) in [4.78, 5) is 27.1. The number of nitrogens with zero attached hydrogens (tertiary/aromatic N) is 3. The number of carbonyl (C=O) groups excluding carboxylic acids is 1. The summed E-state index contributed by atoms with van der Waals surface area (Å²) in [5.74, 6) is 0.341. The molecule has 4 rings (SSSR count). The number of aromatic nitrogens is 3. The molecule has 3 aromatic rings. The molecule has 1 amide bonds. The molecule has 0 unspecified atom stereocenters. The predicted molar refractivity (Wildman–Crippen MR) is 103 cm³/mol. The van der Waals surface area contributed by atoms with Gasteiger partial charge < -0.3 is 5.32 Å². The van der Waals surface area contributed by atoms with E-state index in [1.54, 1.807) is 11.3 Å². The van der Waals surface area contributed by atoms with Gasteiger partial charge in [0, 0.05) is 10.6 Å². The Kier molecular flexibility index (Phi) is 4.32. The van der Waals surface area contributed by atoms with Crippen LogP contribution in [0.5, 0.6) is 0 Å². The van der Waals surface area contributed by atoms with Crippen molar-refractivity contribution in [3.63, 3.8) is 0 Å². The number of nitrogens with one attached hydrogen (secondary N) is 1. The molecule has 0 bridgehead atoms. The normalized spacial score (nSPS) is 16.5. The predicted octanol–water partition coefficient (Wildman–Crippen LogP) is 2.92. The quantitative estimate of drug-likeness (QED) is 0.771. The molecular formula is C19H20N4O2S. The van der Waals surface area contributed by atoms with Crippen LogP contribution in [0, 0.1) is 12.8 Å². The largest absolute Gasteiger partial charge is 0.324 e. The van der Waals surface area contributed by atoms with Crippen molar-refractivity contribution in [1.29, 1.82) is 0 Å². The minimum absolute atomic E-state index is 0.142. The maximum Gasteiger partial charge on any atom is 0.279 e. The lowest BCUT2D eigenvalue weighted by molar-refractivity contribution is -0.117. The summed E-state index contributed by atoms with van der Waals surface area (Å²) in [5.41, 5.74) is 2.70. The van der Waals surface area contributed by atoms with Crippen LogP contribution in [0.2, 0.25) is 0 Å². The molecule has 134 valence electrons. The summed E-state index contributed by atoms with van der Waals surface area (Å²) < 4.78 is 1.16. The summed E-state index contributed by atoms with van der Waals surface area (Å²) >= 11 is 1.56. The van der Waals surface area contributed by atoms with E-state index in [1.165, 1.54) is 4.88 Å². The number of aryl methyl sites for hydroxylation is 2. The lowest BCUT2D eigenvalue weighted by Crippen LogP contribution is -2.30. The first-order valence-electron chi connectivity index (χ1n) is 8.76. The molecule has 0 aliphatic heterocycles. The zero-order chi connectivity index (χ0) is 18.3. The fourth-order valence-corrected chi connectivity index (χ4v) is 4.69. The third-order valence-electron chi connectivity index (χ3n) is 4.81. The summed E-state index contributed by atoms with van der Waals surface area (Å²) in [6, 6.07) is 7.52. The molecule has 1 N–H and O–H groups in total. The number of rotatable bonds is 3. The molecule has 7 heteroatoms. The van der Waals surface area contributed by atoms with Gasteiger partial charge in [-0.1, -0.05) is 29.8 Å².